The number of rotatable bonds is 5. The lowest BCUT2D eigenvalue weighted by atomic mass is 9.73. The molecule has 0 bridgehead atoms. The second kappa shape index (κ2) is 8.65. The van der Waals surface area contributed by atoms with Gasteiger partial charge in [0.2, 0.25) is 5.91 Å². The summed E-state index contributed by atoms with van der Waals surface area (Å²) in [5.74, 6) is -0.0826. The van der Waals surface area contributed by atoms with Gasteiger partial charge in [0, 0.05) is 12.2 Å². The number of halogens is 3. The van der Waals surface area contributed by atoms with Crippen molar-refractivity contribution in [1.29, 1.82) is 5.26 Å². The minimum atomic E-state index is -4.65. The van der Waals surface area contributed by atoms with Gasteiger partial charge in [-0.15, -0.1) is 0 Å². The molecule has 1 atom stereocenters. The van der Waals surface area contributed by atoms with Gasteiger partial charge in [0.05, 0.1) is 40.6 Å². The first kappa shape index (κ1) is 23.0. The average molecular weight is 460 g/mol. The highest BCUT2D eigenvalue weighted by Crippen LogP contribution is 2.45. The van der Waals surface area contributed by atoms with E-state index in [4.69, 9.17) is 4.74 Å². The first-order valence-electron chi connectivity index (χ1n) is 10.6. The lowest BCUT2D eigenvalue weighted by Gasteiger charge is -2.37. The van der Waals surface area contributed by atoms with E-state index in [9.17, 15) is 28.3 Å². The van der Waals surface area contributed by atoms with Crippen LogP contribution in [0.2, 0.25) is 0 Å². The van der Waals surface area contributed by atoms with Gasteiger partial charge in [-0.1, -0.05) is 0 Å². The Morgan fingerprint density at radius 1 is 1.33 bits per heavy atom. The normalized spacial score (nSPS) is 18.5. The number of amides is 1. The average Bonchev–Trinajstić information content (AvgIpc) is 3.04. The number of fused-ring (bicyclic) bond motifs is 2. The van der Waals surface area contributed by atoms with Gasteiger partial charge in [-0.2, -0.15) is 18.4 Å². The molecule has 10 heteroatoms. The number of nitriles is 1. The molecule has 1 saturated heterocycles. The van der Waals surface area contributed by atoms with E-state index in [0.717, 1.165) is 17.3 Å². The molecule has 174 valence electrons. The number of alkyl halides is 3. The van der Waals surface area contributed by atoms with E-state index in [1.54, 1.807) is 18.2 Å². The number of ether oxygens (including phenoxy) is 1. The van der Waals surface area contributed by atoms with Gasteiger partial charge in [0.15, 0.2) is 0 Å². The smallest absolute Gasteiger partial charge is 0.418 e. The first-order chi connectivity index (χ1) is 15.6. The van der Waals surface area contributed by atoms with Crippen LogP contribution >= 0.6 is 0 Å². The van der Waals surface area contributed by atoms with Gasteiger partial charge in [-0.05, 0) is 62.7 Å². The summed E-state index contributed by atoms with van der Waals surface area (Å²) in [4.78, 5) is 18.6. The van der Waals surface area contributed by atoms with Crippen LogP contribution in [-0.4, -0.2) is 47.1 Å². The van der Waals surface area contributed by atoms with Crippen LogP contribution in [0.1, 0.15) is 48.3 Å². The zero-order chi connectivity index (χ0) is 23.8. The summed E-state index contributed by atoms with van der Waals surface area (Å²) < 4.78 is 45.3. The predicted octanol–water partition coefficient (Wildman–Crippen LogP) is 3.39. The second-order valence-electron chi connectivity index (χ2n) is 8.38. The molecule has 1 spiro atoms. The van der Waals surface area contributed by atoms with Crippen molar-refractivity contribution in [3.05, 3.63) is 52.8 Å². The number of anilines is 1. The Kier molecular flexibility index (Phi) is 6.03. The third-order valence-corrected chi connectivity index (χ3v) is 6.33. The molecule has 0 saturated carbocycles. The van der Waals surface area contributed by atoms with Gasteiger partial charge in [0.1, 0.15) is 12.4 Å². The Morgan fingerprint density at radius 2 is 2.06 bits per heavy atom. The maximum Gasteiger partial charge on any atom is 0.418 e. The van der Waals surface area contributed by atoms with Crippen molar-refractivity contribution in [3.8, 4) is 11.8 Å². The number of hydrogen-bond acceptors (Lipinski definition) is 6. The summed E-state index contributed by atoms with van der Waals surface area (Å²) in [7, 11) is 0. The maximum absolute atomic E-state index is 13.3. The number of likely N-dealkylation sites (tertiary alicyclic amines) is 1. The number of hydrogen-bond donors (Lipinski definition) is 2. The van der Waals surface area contributed by atoms with Crippen molar-refractivity contribution < 1.29 is 27.8 Å². The molecule has 4 rings (SSSR count). The number of aromatic nitrogens is 1. The molecule has 0 aliphatic carbocycles. The van der Waals surface area contributed by atoms with Crippen molar-refractivity contribution in [2.75, 3.05) is 31.6 Å². The van der Waals surface area contributed by atoms with E-state index in [1.807, 2.05) is 0 Å². The van der Waals surface area contributed by atoms with Crippen LogP contribution in [0, 0.1) is 11.3 Å². The van der Waals surface area contributed by atoms with Crippen LogP contribution in [0.5, 0.6) is 5.75 Å². The number of piperidine rings is 1. The number of aliphatic hydroxyl groups is 1. The quantitative estimate of drug-likeness (QED) is 0.710. The Labute approximate surface area is 188 Å². The van der Waals surface area contributed by atoms with Gasteiger partial charge >= 0.3 is 6.18 Å². The summed E-state index contributed by atoms with van der Waals surface area (Å²) >= 11 is 0. The number of nitrogens with one attached hydrogen (secondary N) is 1. The van der Waals surface area contributed by atoms with E-state index >= 15 is 0 Å². The predicted molar refractivity (Wildman–Crippen MR) is 113 cm³/mol. The van der Waals surface area contributed by atoms with E-state index in [2.05, 4.69) is 21.3 Å². The fourth-order valence-corrected chi connectivity index (χ4v) is 4.53. The minimum absolute atomic E-state index is 0.0201. The Balaban J connectivity index is 1.37. The molecular formula is C23H23F3N4O3. The van der Waals surface area contributed by atoms with Crippen LogP contribution in [-0.2, 0) is 16.4 Å². The number of benzene rings is 1. The van der Waals surface area contributed by atoms with Gasteiger partial charge < -0.3 is 15.2 Å². The van der Waals surface area contributed by atoms with E-state index in [0.29, 0.717) is 38.0 Å². The third-order valence-electron chi connectivity index (χ3n) is 6.33. The maximum atomic E-state index is 13.3. The largest absolute Gasteiger partial charge is 0.491 e. The van der Waals surface area contributed by atoms with Crippen molar-refractivity contribution in [1.82, 2.24) is 9.88 Å². The van der Waals surface area contributed by atoms with Gasteiger partial charge in [0.25, 0.3) is 0 Å². The van der Waals surface area contributed by atoms with E-state index < -0.39 is 29.0 Å². The lowest BCUT2D eigenvalue weighted by Crippen LogP contribution is -2.47. The molecule has 2 N–H and O–H groups in total. The highest BCUT2D eigenvalue weighted by molar-refractivity contribution is 6.06. The van der Waals surface area contributed by atoms with Crippen LogP contribution in [0.4, 0.5) is 18.9 Å². The topological polar surface area (TPSA) is 98.5 Å². The zero-order valence-corrected chi connectivity index (χ0v) is 17.9. The Bertz CT molecular complexity index is 1100. The molecule has 7 nitrogen and oxygen atoms in total. The Hall–Kier alpha value is -3.16. The van der Waals surface area contributed by atoms with Crippen molar-refractivity contribution in [3.63, 3.8) is 0 Å². The fourth-order valence-electron chi connectivity index (χ4n) is 4.53. The molecule has 2 aromatic rings. The minimum Gasteiger partial charge on any atom is -0.491 e. The summed E-state index contributed by atoms with van der Waals surface area (Å²) in [6.45, 7) is 3.08. The van der Waals surface area contributed by atoms with Crippen LogP contribution < -0.4 is 10.1 Å². The van der Waals surface area contributed by atoms with E-state index in [1.165, 1.54) is 13.1 Å². The van der Waals surface area contributed by atoms with E-state index in [-0.39, 0.29) is 18.3 Å². The number of pyridine rings is 1. The van der Waals surface area contributed by atoms with Crippen LogP contribution in [0.3, 0.4) is 0 Å². The van der Waals surface area contributed by atoms with Crippen molar-refractivity contribution >= 4 is 11.6 Å². The fraction of sp³-hybridized carbons (Fsp3) is 0.435. The van der Waals surface area contributed by atoms with Crippen LogP contribution in [0.25, 0.3) is 0 Å². The molecule has 33 heavy (non-hydrogen) atoms. The summed E-state index contributed by atoms with van der Waals surface area (Å²) in [5.41, 5.74) is -0.0184. The molecule has 2 aliphatic heterocycles. The summed E-state index contributed by atoms with van der Waals surface area (Å²) in [6.07, 6.45) is -3.68. The number of nitrogens with zero attached hydrogens (tertiary/aromatic N) is 3. The molecule has 1 amide bonds. The number of carbonyl (C=O) groups is 1. The molecule has 0 unspecified atom stereocenters. The molecule has 1 fully saturated rings. The number of carbonyl (C=O) groups excluding carboxylic acids is 1. The molecule has 3 heterocycles. The van der Waals surface area contributed by atoms with Crippen molar-refractivity contribution in [2.24, 2.45) is 0 Å². The summed E-state index contributed by atoms with van der Waals surface area (Å²) in [5, 5.41) is 21.7. The van der Waals surface area contributed by atoms with Crippen LogP contribution in [0.15, 0.2) is 30.5 Å². The lowest BCUT2D eigenvalue weighted by molar-refractivity contribution is -0.139. The molecule has 0 radical (unpaired) electrons. The van der Waals surface area contributed by atoms with Gasteiger partial charge in [-0.3, -0.25) is 14.7 Å². The highest BCUT2D eigenvalue weighted by Gasteiger charge is 2.48. The third kappa shape index (κ3) is 4.38. The molecular weight excluding hydrogens is 437 g/mol. The zero-order valence-electron chi connectivity index (χ0n) is 17.9. The Morgan fingerprint density at radius 3 is 2.70 bits per heavy atom. The number of aliphatic hydroxyl groups excluding tert-OH is 1. The monoisotopic (exact) mass is 460 g/mol. The van der Waals surface area contributed by atoms with Gasteiger partial charge in [-0.25, -0.2) is 0 Å². The molecule has 1 aromatic carbocycles. The van der Waals surface area contributed by atoms with Crippen molar-refractivity contribution in [2.45, 2.75) is 37.5 Å². The highest BCUT2D eigenvalue weighted by atomic mass is 19.4. The molecule has 1 aromatic heterocycles. The molecule has 2 aliphatic rings. The SMILES string of the molecule is C[C@@H](O)c1ncc(OCCN2CCC3(CC2)C(=O)Nc2ccc(C#N)cc23)cc1C(F)(F)F. The second-order valence-corrected chi connectivity index (χ2v) is 8.38. The first-order valence-corrected chi connectivity index (χ1v) is 10.6. The summed E-state index contributed by atoms with van der Waals surface area (Å²) in [6, 6.07) is 8.17. The standard InChI is InChI=1S/C23H23F3N4O3/c1-14(31)20-18(23(24,25)26)11-16(13-28-20)33-9-8-30-6-4-22(5-7-30)17-10-15(12-27)2-3-19(17)29-21(22)32/h2-3,10-11,13-14,31H,4-9H2,1H3,(H,29,32)/t14-/m1/s1.